The Morgan fingerprint density at radius 1 is 1.41 bits per heavy atom. The van der Waals surface area contributed by atoms with Crippen LogP contribution in [0.2, 0.25) is 0 Å². The van der Waals surface area contributed by atoms with Gasteiger partial charge < -0.3 is 9.84 Å². The van der Waals surface area contributed by atoms with Gasteiger partial charge in [0.2, 0.25) is 0 Å². The second kappa shape index (κ2) is 7.00. The van der Waals surface area contributed by atoms with Crippen LogP contribution in [0.25, 0.3) is 0 Å². The Morgan fingerprint density at radius 3 is 2.65 bits per heavy atom. The molecule has 1 rings (SSSR count). The highest BCUT2D eigenvalue weighted by atomic mass is 16.5. The molecule has 100 valence electrons. The van der Waals surface area contributed by atoms with E-state index in [1.807, 2.05) is 0 Å². The van der Waals surface area contributed by atoms with E-state index >= 15 is 0 Å². The van der Waals surface area contributed by atoms with Crippen LogP contribution in [0, 0.1) is 23.7 Å². The predicted octanol–water partition coefficient (Wildman–Crippen LogP) is 3.19. The average Bonchev–Trinajstić information content (AvgIpc) is 2.28. The molecule has 0 saturated heterocycles. The van der Waals surface area contributed by atoms with Gasteiger partial charge in [-0.3, -0.25) is 4.79 Å². The van der Waals surface area contributed by atoms with E-state index in [2.05, 4.69) is 13.8 Å². The first-order valence-corrected chi connectivity index (χ1v) is 6.78. The van der Waals surface area contributed by atoms with Gasteiger partial charge in [0.25, 0.3) is 0 Å². The van der Waals surface area contributed by atoms with Crippen LogP contribution in [-0.4, -0.2) is 24.8 Å². The van der Waals surface area contributed by atoms with Gasteiger partial charge in [-0.2, -0.15) is 0 Å². The van der Waals surface area contributed by atoms with E-state index in [-0.39, 0.29) is 5.92 Å². The van der Waals surface area contributed by atoms with Gasteiger partial charge >= 0.3 is 5.97 Å². The zero-order chi connectivity index (χ0) is 12.8. The number of methoxy groups -OCH3 is 1. The molecule has 1 N–H and O–H groups in total. The number of hydrogen-bond donors (Lipinski definition) is 1. The molecule has 1 aliphatic carbocycles. The van der Waals surface area contributed by atoms with Crippen molar-refractivity contribution in [2.45, 2.75) is 46.0 Å². The highest BCUT2D eigenvalue weighted by Gasteiger charge is 2.35. The molecule has 0 aliphatic heterocycles. The van der Waals surface area contributed by atoms with Gasteiger partial charge in [-0.25, -0.2) is 0 Å². The number of carboxylic acids is 1. The summed E-state index contributed by atoms with van der Waals surface area (Å²) in [6, 6.07) is 0. The molecule has 1 saturated carbocycles. The predicted molar refractivity (Wildman–Crippen MR) is 67.9 cm³/mol. The number of carbonyl (C=O) groups is 1. The minimum Gasteiger partial charge on any atom is -0.481 e. The third-order valence-corrected chi connectivity index (χ3v) is 4.21. The Kier molecular flexibility index (Phi) is 5.96. The molecule has 0 heterocycles. The maximum Gasteiger partial charge on any atom is 0.306 e. The highest BCUT2D eigenvalue weighted by molar-refractivity contribution is 5.70. The number of carboxylic acid groups (broad SMARTS) is 1. The Labute approximate surface area is 105 Å². The normalized spacial score (nSPS) is 29.5. The van der Waals surface area contributed by atoms with Gasteiger partial charge in [0.05, 0.1) is 5.92 Å². The van der Waals surface area contributed by atoms with Crippen molar-refractivity contribution in [2.75, 3.05) is 13.7 Å². The number of aliphatic carboxylic acids is 1. The van der Waals surface area contributed by atoms with Crippen LogP contribution in [0.4, 0.5) is 0 Å². The summed E-state index contributed by atoms with van der Waals surface area (Å²) in [6.07, 6.45) is 4.99. The molecular weight excluding hydrogens is 216 g/mol. The first-order valence-electron chi connectivity index (χ1n) is 6.78. The van der Waals surface area contributed by atoms with Crippen LogP contribution in [0.15, 0.2) is 0 Å². The van der Waals surface area contributed by atoms with Crippen LogP contribution in [0.5, 0.6) is 0 Å². The zero-order valence-corrected chi connectivity index (χ0v) is 11.3. The molecule has 3 atom stereocenters. The first-order chi connectivity index (χ1) is 8.06. The smallest absolute Gasteiger partial charge is 0.306 e. The van der Waals surface area contributed by atoms with Gasteiger partial charge in [-0.05, 0) is 49.9 Å². The maximum absolute atomic E-state index is 11.2. The van der Waals surface area contributed by atoms with Crippen molar-refractivity contribution >= 4 is 5.97 Å². The fourth-order valence-electron chi connectivity index (χ4n) is 3.04. The molecule has 3 heteroatoms. The van der Waals surface area contributed by atoms with Crippen molar-refractivity contribution in [1.29, 1.82) is 0 Å². The summed E-state index contributed by atoms with van der Waals surface area (Å²) in [6.45, 7) is 5.24. The van der Waals surface area contributed by atoms with Gasteiger partial charge in [0.15, 0.2) is 0 Å². The summed E-state index contributed by atoms with van der Waals surface area (Å²) in [7, 11) is 1.70. The largest absolute Gasteiger partial charge is 0.481 e. The molecule has 17 heavy (non-hydrogen) atoms. The summed E-state index contributed by atoms with van der Waals surface area (Å²) in [5, 5.41) is 9.26. The van der Waals surface area contributed by atoms with Crippen LogP contribution in [0.1, 0.15) is 46.0 Å². The van der Waals surface area contributed by atoms with E-state index in [9.17, 15) is 9.90 Å². The van der Waals surface area contributed by atoms with Crippen molar-refractivity contribution in [1.82, 2.24) is 0 Å². The summed E-state index contributed by atoms with van der Waals surface area (Å²) >= 11 is 0. The SMILES string of the molecule is COCCCC1CC(C(C)C)CCC1C(=O)O. The molecule has 3 unspecified atom stereocenters. The molecule has 1 fully saturated rings. The van der Waals surface area contributed by atoms with E-state index in [4.69, 9.17) is 4.74 Å². The summed E-state index contributed by atoms with van der Waals surface area (Å²) < 4.78 is 5.06. The quantitative estimate of drug-likeness (QED) is 0.728. The fourth-order valence-corrected chi connectivity index (χ4v) is 3.04. The Balaban J connectivity index is 2.53. The van der Waals surface area contributed by atoms with Crippen LogP contribution < -0.4 is 0 Å². The first kappa shape index (κ1) is 14.5. The van der Waals surface area contributed by atoms with Crippen molar-refractivity contribution in [2.24, 2.45) is 23.7 Å². The lowest BCUT2D eigenvalue weighted by atomic mass is 9.69. The molecule has 0 aromatic rings. The Morgan fingerprint density at radius 2 is 2.12 bits per heavy atom. The summed E-state index contributed by atoms with van der Waals surface area (Å²) in [5.41, 5.74) is 0. The lowest BCUT2D eigenvalue weighted by molar-refractivity contribution is -0.145. The third-order valence-electron chi connectivity index (χ3n) is 4.21. The van der Waals surface area contributed by atoms with Crippen LogP contribution in [-0.2, 0) is 9.53 Å². The van der Waals surface area contributed by atoms with E-state index in [0.717, 1.165) is 38.7 Å². The third kappa shape index (κ3) is 4.30. The molecule has 3 nitrogen and oxygen atoms in total. The lowest BCUT2D eigenvalue weighted by Crippen LogP contribution is -2.32. The maximum atomic E-state index is 11.2. The lowest BCUT2D eigenvalue weighted by Gasteiger charge is -2.36. The van der Waals surface area contributed by atoms with Gasteiger partial charge in [0, 0.05) is 13.7 Å². The van der Waals surface area contributed by atoms with Gasteiger partial charge in [-0.15, -0.1) is 0 Å². The standard InChI is InChI=1S/C14H26O3/c1-10(2)11-6-7-13(14(15)16)12(9-11)5-4-8-17-3/h10-13H,4-9H2,1-3H3,(H,15,16). The van der Waals surface area contributed by atoms with Crippen molar-refractivity contribution in [3.8, 4) is 0 Å². The second-order valence-corrected chi connectivity index (χ2v) is 5.66. The van der Waals surface area contributed by atoms with Crippen molar-refractivity contribution in [3.05, 3.63) is 0 Å². The number of hydrogen-bond acceptors (Lipinski definition) is 2. The Hall–Kier alpha value is -0.570. The highest BCUT2D eigenvalue weighted by Crippen LogP contribution is 2.39. The molecule has 0 radical (unpaired) electrons. The van der Waals surface area contributed by atoms with E-state index < -0.39 is 5.97 Å². The van der Waals surface area contributed by atoms with E-state index in [0.29, 0.717) is 17.8 Å². The molecule has 1 aliphatic rings. The second-order valence-electron chi connectivity index (χ2n) is 5.66. The minimum atomic E-state index is -0.602. The van der Waals surface area contributed by atoms with Crippen molar-refractivity contribution in [3.63, 3.8) is 0 Å². The van der Waals surface area contributed by atoms with Gasteiger partial charge in [0.1, 0.15) is 0 Å². The van der Waals surface area contributed by atoms with Crippen LogP contribution >= 0.6 is 0 Å². The molecule has 0 aromatic carbocycles. The molecule has 0 spiro atoms. The molecular formula is C14H26O3. The monoisotopic (exact) mass is 242 g/mol. The summed E-state index contributed by atoms with van der Waals surface area (Å²) in [5.74, 6) is 1.01. The van der Waals surface area contributed by atoms with Crippen LogP contribution in [0.3, 0.4) is 0 Å². The molecule has 0 amide bonds. The Bertz CT molecular complexity index is 238. The fraction of sp³-hybridized carbons (Fsp3) is 0.929. The summed E-state index contributed by atoms with van der Waals surface area (Å²) in [4.78, 5) is 11.2. The van der Waals surface area contributed by atoms with Gasteiger partial charge in [-0.1, -0.05) is 13.8 Å². The number of rotatable bonds is 6. The topological polar surface area (TPSA) is 46.5 Å². The number of ether oxygens (including phenoxy) is 1. The molecule has 0 aromatic heterocycles. The zero-order valence-electron chi connectivity index (χ0n) is 11.3. The average molecular weight is 242 g/mol. The van der Waals surface area contributed by atoms with E-state index in [1.54, 1.807) is 7.11 Å². The molecule has 0 bridgehead atoms. The minimum absolute atomic E-state index is 0.123. The van der Waals surface area contributed by atoms with E-state index in [1.165, 1.54) is 0 Å². The van der Waals surface area contributed by atoms with Crippen molar-refractivity contribution < 1.29 is 14.6 Å².